The molecule has 0 fully saturated rings. The lowest BCUT2D eigenvalue weighted by molar-refractivity contribution is 0.281. The molecule has 0 amide bonds. The highest BCUT2D eigenvalue weighted by Crippen LogP contribution is 2.13. The van der Waals surface area contributed by atoms with E-state index in [-0.39, 0.29) is 12.4 Å². The van der Waals surface area contributed by atoms with Gasteiger partial charge in [0.05, 0.1) is 0 Å². The number of aromatic nitrogens is 3. The summed E-state index contributed by atoms with van der Waals surface area (Å²) in [5, 5.41) is 4.14. The van der Waals surface area contributed by atoms with Crippen molar-refractivity contribution in [3.8, 4) is 5.75 Å². The van der Waals surface area contributed by atoms with Crippen LogP contribution in [0.5, 0.6) is 5.75 Å². The Morgan fingerprint density at radius 3 is 2.94 bits per heavy atom. The van der Waals surface area contributed by atoms with Gasteiger partial charge in [-0.15, -0.1) is 0 Å². The van der Waals surface area contributed by atoms with E-state index in [0.29, 0.717) is 11.7 Å². The smallest absolute Gasteiger partial charge is 0.164 e. The predicted octanol–water partition coefficient (Wildman–Crippen LogP) is 2.65. The van der Waals surface area contributed by atoms with E-state index in [0.717, 1.165) is 12.4 Å². The fourth-order valence-corrected chi connectivity index (χ4v) is 1.60. The van der Waals surface area contributed by atoms with E-state index in [1.807, 2.05) is 4.68 Å². The Hall–Kier alpha value is -1.91. The molecule has 4 nitrogen and oxygen atoms in total. The standard InChI is InChI=1S/C13H16FN3O/c1-10(2)7-17-13(15-9-16-17)8-18-12-5-3-4-11(14)6-12/h3-6,9-10H,7-8H2,1-2H3. The van der Waals surface area contributed by atoms with Crippen molar-refractivity contribution >= 4 is 0 Å². The minimum absolute atomic E-state index is 0.288. The first-order valence-electron chi connectivity index (χ1n) is 5.90. The Morgan fingerprint density at radius 2 is 2.22 bits per heavy atom. The number of hydrogen-bond donors (Lipinski definition) is 0. The number of ether oxygens (including phenoxy) is 1. The molecule has 1 heterocycles. The van der Waals surface area contributed by atoms with E-state index in [2.05, 4.69) is 23.9 Å². The van der Waals surface area contributed by atoms with Gasteiger partial charge in [-0.05, 0) is 18.1 Å². The molecule has 5 heteroatoms. The van der Waals surface area contributed by atoms with Gasteiger partial charge in [0.2, 0.25) is 0 Å². The molecule has 2 aromatic rings. The van der Waals surface area contributed by atoms with Gasteiger partial charge < -0.3 is 4.74 Å². The quantitative estimate of drug-likeness (QED) is 0.817. The van der Waals surface area contributed by atoms with Gasteiger partial charge in [-0.2, -0.15) is 5.10 Å². The monoisotopic (exact) mass is 249 g/mol. The number of hydrogen-bond acceptors (Lipinski definition) is 3. The summed E-state index contributed by atoms with van der Waals surface area (Å²) in [6.07, 6.45) is 1.51. The number of rotatable bonds is 5. The van der Waals surface area contributed by atoms with Crippen molar-refractivity contribution in [3.63, 3.8) is 0 Å². The maximum atomic E-state index is 13.0. The molecule has 0 saturated heterocycles. The Morgan fingerprint density at radius 1 is 1.39 bits per heavy atom. The third-order valence-corrected chi connectivity index (χ3v) is 2.40. The summed E-state index contributed by atoms with van der Waals surface area (Å²) < 4.78 is 20.3. The molecule has 0 aliphatic rings. The largest absolute Gasteiger partial charge is 0.486 e. The minimum Gasteiger partial charge on any atom is -0.486 e. The minimum atomic E-state index is -0.309. The highest BCUT2D eigenvalue weighted by molar-refractivity contribution is 5.22. The molecule has 0 aliphatic heterocycles. The van der Waals surface area contributed by atoms with Gasteiger partial charge in [0.1, 0.15) is 24.5 Å². The van der Waals surface area contributed by atoms with E-state index in [9.17, 15) is 4.39 Å². The first-order valence-corrected chi connectivity index (χ1v) is 5.90. The summed E-state index contributed by atoms with van der Waals surface area (Å²) in [4.78, 5) is 4.14. The van der Waals surface area contributed by atoms with Crippen LogP contribution in [0, 0.1) is 11.7 Å². The Bertz CT molecular complexity index is 510. The second-order valence-electron chi connectivity index (χ2n) is 4.50. The van der Waals surface area contributed by atoms with Crippen LogP contribution in [-0.2, 0) is 13.2 Å². The fourth-order valence-electron chi connectivity index (χ4n) is 1.60. The fraction of sp³-hybridized carbons (Fsp3) is 0.385. The van der Waals surface area contributed by atoms with E-state index >= 15 is 0 Å². The molecule has 0 N–H and O–H groups in total. The third kappa shape index (κ3) is 3.29. The zero-order chi connectivity index (χ0) is 13.0. The lowest BCUT2D eigenvalue weighted by atomic mass is 10.2. The van der Waals surface area contributed by atoms with Gasteiger partial charge >= 0.3 is 0 Å². The average molecular weight is 249 g/mol. The van der Waals surface area contributed by atoms with Crippen molar-refractivity contribution in [3.05, 3.63) is 42.2 Å². The number of benzene rings is 1. The van der Waals surface area contributed by atoms with Gasteiger partial charge in [-0.3, -0.25) is 0 Å². The molecule has 1 aromatic heterocycles. The predicted molar refractivity (Wildman–Crippen MR) is 65.6 cm³/mol. The maximum Gasteiger partial charge on any atom is 0.164 e. The summed E-state index contributed by atoms with van der Waals surface area (Å²) in [6.45, 7) is 5.30. The van der Waals surface area contributed by atoms with Crippen LogP contribution in [0.3, 0.4) is 0 Å². The normalized spacial score (nSPS) is 10.9. The van der Waals surface area contributed by atoms with Crippen molar-refractivity contribution in [1.29, 1.82) is 0 Å². The summed E-state index contributed by atoms with van der Waals surface area (Å²) in [5.74, 6) is 1.41. The molecule has 0 unspecified atom stereocenters. The Kier molecular flexibility index (Phi) is 3.92. The lowest BCUT2D eigenvalue weighted by Gasteiger charge is -2.09. The summed E-state index contributed by atoms with van der Waals surface area (Å²) in [7, 11) is 0. The highest BCUT2D eigenvalue weighted by Gasteiger charge is 2.07. The van der Waals surface area contributed by atoms with Crippen LogP contribution in [0.25, 0.3) is 0 Å². The first-order chi connectivity index (χ1) is 8.65. The summed E-state index contributed by atoms with van der Waals surface area (Å²) in [5.41, 5.74) is 0. The first kappa shape index (κ1) is 12.5. The average Bonchev–Trinajstić information content (AvgIpc) is 2.73. The van der Waals surface area contributed by atoms with E-state index in [4.69, 9.17) is 4.74 Å². The molecule has 2 rings (SSSR count). The van der Waals surface area contributed by atoms with E-state index in [1.165, 1.54) is 18.5 Å². The van der Waals surface area contributed by atoms with Crippen molar-refractivity contribution in [1.82, 2.24) is 14.8 Å². The van der Waals surface area contributed by atoms with Crippen LogP contribution in [-0.4, -0.2) is 14.8 Å². The van der Waals surface area contributed by atoms with Crippen molar-refractivity contribution < 1.29 is 9.13 Å². The molecular weight excluding hydrogens is 233 g/mol. The number of halogens is 1. The van der Waals surface area contributed by atoms with Gasteiger partial charge in [0, 0.05) is 12.6 Å². The van der Waals surface area contributed by atoms with Crippen molar-refractivity contribution in [2.45, 2.75) is 27.0 Å². The van der Waals surface area contributed by atoms with Gasteiger partial charge in [-0.25, -0.2) is 14.1 Å². The third-order valence-electron chi connectivity index (χ3n) is 2.40. The molecule has 0 radical (unpaired) electrons. The zero-order valence-corrected chi connectivity index (χ0v) is 10.5. The molecule has 0 aliphatic carbocycles. The second kappa shape index (κ2) is 5.62. The highest BCUT2D eigenvalue weighted by atomic mass is 19.1. The van der Waals surface area contributed by atoms with Crippen molar-refractivity contribution in [2.24, 2.45) is 5.92 Å². The van der Waals surface area contributed by atoms with Crippen LogP contribution >= 0.6 is 0 Å². The Balaban J connectivity index is 2.00. The van der Waals surface area contributed by atoms with E-state index in [1.54, 1.807) is 12.1 Å². The van der Waals surface area contributed by atoms with Crippen LogP contribution in [0.15, 0.2) is 30.6 Å². The zero-order valence-electron chi connectivity index (χ0n) is 10.5. The Labute approximate surface area is 105 Å². The van der Waals surface area contributed by atoms with Crippen LogP contribution in [0.2, 0.25) is 0 Å². The van der Waals surface area contributed by atoms with Gasteiger partial charge in [0.25, 0.3) is 0 Å². The second-order valence-corrected chi connectivity index (χ2v) is 4.50. The molecule has 0 saturated carbocycles. The van der Waals surface area contributed by atoms with E-state index < -0.39 is 0 Å². The molecule has 18 heavy (non-hydrogen) atoms. The molecule has 0 spiro atoms. The SMILES string of the molecule is CC(C)Cn1ncnc1COc1cccc(F)c1. The molecule has 0 bridgehead atoms. The van der Waals surface area contributed by atoms with Crippen LogP contribution in [0.4, 0.5) is 4.39 Å². The molecule has 96 valence electrons. The van der Waals surface area contributed by atoms with Gasteiger partial charge in [-0.1, -0.05) is 19.9 Å². The van der Waals surface area contributed by atoms with Gasteiger partial charge in [0.15, 0.2) is 5.82 Å². The summed E-state index contributed by atoms with van der Waals surface area (Å²) in [6, 6.07) is 6.06. The molecule has 1 aromatic carbocycles. The molecule has 0 atom stereocenters. The lowest BCUT2D eigenvalue weighted by Crippen LogP contribution is -2.12. The summed E-state index contributed by atoms with van der Waals surface area (Å²) >= 11 is 0. The van der Waals surface area contributed by atoms with Crippen LogP contribution in [0.1, 0.15) is 19.7 Å². The van der Waals surface area contributed by atoms with Crippen LogP contribution < -0.4 is 4.74 Å². The van der Waals surface area contributed by atoms with Crippen molar-refractivity contribution in [2.75, 3.05) is 0 Å². The topological polar surface area (TPSA) is 39.9 Å². The maximum absolute atomic E-state index is 13.0. The number of nitrogens with zero attached hydrogens (tertiary/aromatic N) is 3. The molecular formula is C13H16FN3O.